The molecule has 5 heteroatoms. The largest absolute Gasteiger partial charge is 0.384 e. The first-order chi connectivity index (χ1) is 7.24. The van der Waals surface area contributed by atoms with Crippen molar-refractivity contribution in [3.63, 3.8) is 0 Å². The van der Waals surface area contributed by atoms with Crippen LogP contribution in [0.5, 0.6) is 0 Å². The molecule has 0 unspecified atom stereocenters. The molecule has 0 bridgehead atoms. The van der Waals surface area contributed by atoms with E-state index in [4.69, 9.17) is 5.73 Å². The van der Waals surface area contributed by atoms with Gasteiger partial charge in [0, 0.05) is 38.9 Å². The number of rotatable bonds is 2. The lowest BCUT2D eigenvalue weighted by Gasteiger charge is -2.32. The molecular formula is C11H19ClN4. The molecule has 2 N–H and O–H groups in total. The Hall–Kier alpha value is -0.840. The lowest BCUT2D eigenvalue weighted by atomic mass is 10.2. The molecule has 4 nitrogen and oxygen atoms in total. The summed E-state index contributed by atoms with van der Waals surface area (Å²) in [6.07, 6.45) is 1.87. The summed E-state index contributed by atoms with van der Waals surface area (Å²) in [5.41, 5.74) is 6.79. The number of piperazine rings is 1. The first-order valence-corrected chi connectivity index (χ1v) is 5.35. The van der Waals surface area contributed by atoms with Crippen LogP contribution in [-0.2, 0) is 6.54 Å². The Morgan fingerprint density at radius 1 is 1.25 bits per heavy atom. The Morgan fingerprint density at radius 3 is 2.50 bits per heavy atom. The Bertz CT molecular complexity index is 306. The highest BCUT2D eigenvalue weighted by atomic mass is 35.5. The van der Waals surface area contributed by atoms with Crippen LogP contribution in [0, 0.1) is 0 Å². The number of nitrogens with zero attached hydrogens (tertiary/aromatic N) is 3. The summed E-state index contributed by atoms with van der Waals surface area (Å²) in [7, 11) is 2.17. The predicted molar refractivity (Wildman–Crippen MR) is 68.7 cm³/mol. The summed E-state index contributed by atoms with van der Waals surface area (Å²) in [6, 6.07) is 3.92. The molecule has 0 atom stereocenters. The van der Waals surface area contributed by atoms with Gasteiger partial charge in [-0.15, -0.1) is 12.4 Å². The molecule has 0 radical (unpaired) electrons. The molecule has 0 spiro atoms. The van der Waals surface area contributed by atoms with Crippen molar-refractivity contribution in [2.45, 2.75) is 6.54 Å². The first kappa shape index (κ1) is 13.2. The van der Waals surface area contributed by atoms with Crippen LogP contribution in [0.1, 0.15) is 5.56 Å². The molecule has 2 rings (SSSR count). The fraction of sp³-hybridized carbons (Fsp3) is 0.545. The van der Waals surface area contributed by atoms with E-state index in [1.54, 1.807) is 0 Å². The second kappa shape index (κ2) is 6.03. The Balaban J connectivity index is 0.00000128. The van der Waals surface area contributed by atoms with Gasteiger partial charge in [0.2, 0.25) is 0 Å². The fourth-order valence-electron chi connectivity index (χ4n) is 1.79. The molecule has 2 heterocycles. The van der Waals surface area contributed by atoms with Crippen molar-refractivity contribution in [1.82, 2.24) is 14.8 Å². The van der Waals surface area contributed by atoms with Crippen molar-refractivity contribution in [3.8, 4) is 0 Å². The Labute approximate surface area is 103 Å². The van der Waals surface area contributed by atoms with E-state index in [1.807, 2.05) is 12.3 Å². The zero-order valence-electron chi connectivity index (χ0n) is 9.59. The molecule has 1 aliphatic heterocycles. The van der Waals surface area contributed by atoms with E-state index in [0.717, 1.165) is 32.7 Å². The van der Waals surface area contributed by atoms with Crippen molar-refractivity contribution >= 4 is 18.2 Å². The van der Waals surface area contributed by atoms with Crippen LogP contribution >= 0.6 is 12.4 Å². The van der Waals surface area contributed by atoms with E-state index in [1.165, 1.54) is 5.56 Å². The predicted octanol–water partition coefficient (Wildman–Crippen LogP) is 0.833. The van der Waals surface area contributed by atoms with Crippen LogP contribution in [0.25, 0.3) is 0 Å². The molecule has 1 aliphatic rings. The maximum absolute atomic E-state index is 5.55. The van der Waals surface area contributed by atoms with Crippen molar-refractivity contribution < 1.29 is 0 Å². The van der Waals surface area contributed by atoms with E-state index < -0.39 is 0 Å². The molecule has 0 amide bonds. The number of pyridine rings is 1. The molecule has 1 fully saturated rings. The van der Waals surface area contributed by atoms with Gasteiger partial charge in [0.1, 0.15) is 5.82 Å². The van der Waals surface area contributed by atoms with Gasteiger partial charge in [0.15, 0.2) is 0 Å². The number of nitrogens with two attached hydrogens (primary N) is 1. The summed E-state index contributed by atoms with van der Waals surface area (Å²) in [5, 5.41) is 0. The number of nitrogen functional groups attached to an aromatic ring is 1. The average Bonchev–Trinajstić information content (AvgIpc) is 2.25. The van der Waals surface area contributed by atoms with E-state index >= 15 is 0 Å². The quantitative estimate of drug-likeness (QED) is 0.835. The lowest BCUT2D eigenvalue weighted by Crippen LogP contribution is -2.43. The number of anilines is 1. The average molecular weight is 243 g/mol. The SMILES string of the molecule is CN1CCN(Cc2ccc(N)nc2)CC1.Cl. The summed E-state index contributed by atoms with van der Waals surface area (Å²) in [4.78, 5) is 8.91. The normalized spacial score (nSPS) is 18.1. The fourth-order valence-corrected chi connectivity index (χ4v) is 1.79. The Kier molecular flexibility index (Phi) is 4.99. The molecule has 1 aromatic rings. The molecular weight excluding hydrogens is 224 g/mol. The maximum Gasteiger partial charge on any atom is 0.123 e. The third kappa shape index (κ3) is 3.63. The van der Waals surface area contributed by atoms with Gasteiger partial charge in [-0.2, -0.15) is 0 Å². The highest BCUT2D eigenvalue weighted by Gasteiger charge is 2.13. The zero-order valence-corrected chi connectivity index (χ0v) is 10.4. The molecule has 0 aliphatic carbocycles. The van der Waals surface area contributed by atoms with Gasteiger partial charge < -0.3 is 10.6 Å². The second-order valence-corrected chi connectivity index (χ2v) is 4.17. The number of hydrogen-bond acceptors (Lipinski definition) is 4. The molecule has 0 aromatic carbocycles. The number of aromatic nitrogens is 1. The van der Waals surface area contributed by atoms with Crippen molar-refractivity contribution in [3.05, 3.63) is 23.9 Å². The standard InChI is InChI=1S/C11H18N4.ClH/c1-14-4-6-15(7-5-14)9-10-2-3-11(12)13-8-10;/h2-3,8H,4-7,9H2,1H3,(H2,12,13);1H. The van der Waals surface area contributed by atoms with E-state index in [0.29, 0.717) is 5.82 Å². The van der Waals surface area contributed by atoms with Gasteiger partial charge in [-0.05, 0) is 18.7 Å². The summed E-state index contributed by atoms with van der Waals surface area (Å²) in [6.45, 7) is 5.58. The number of hydrogen-bond donors (Lipinski definition) is 1. The minimum Gasteiger partial charge on any atom is -0.384 e. The molecule has 16 heavy (non-hydrogen) atoms. The van der Waals surface area contributed by atoms with Crippen LogP contribution in [0.2, 0.25) is 0 Å². The highest BCUT2D eigenvalue weighted by Crippen LogP contribution is 2.07. The summed E-state index contributed by atoms with van der Waals surface area (Å²) < 4.78 is 0. The lowest BCUT2D eigenvalue weighted by molar-refractivity contribution is 0.148. The Morgan fingerprint density at radius 2 is 1.94 bits per heavy atom. The molecule has 1 saturated heterocycles. The second-order valence-electron chi connectivity index (χ2n) is 4.17. The van der Waals surface area contributed by atoms with E-state index in [-0.39, 0.29) is 12.4 Å². The molecule has 90 valence electrons. The number of halogens is 1. The van der Waals surface area contributed by atoms with Crippen LogP contribution < -0.4 is 5.73 Å². The summed E-state index contributed by atoms with van der Waals surface area (Å²) >= 11 is 0. The van der Waals surface area contributed by atoms with Crippen LogP contribution in [0.3, 0.4) is 0 Å². The van der Waals surface area contributed by atoms with Gasteiger partial charge in [-0.25, -0.2) is 4.98 Å². The third-order valence-corrected chi connectivity index (χ3v) is 2.85. The van der Waals surface area contributed by atoms with Gasteiger partial charge in [0.25, 0.3) is 0 Å². The molecule has 1 aromatic heterocycles. The van der Waals surface area contributed by atoms with Gasteiger partial charge in [-0.3, -0.25) is 4.90 Å². The van der Waals surface area contributed by atoms with Gasteiger partial charge in [-0.1, -0.05) is 6.07 Å². The van der Waals surface area contributed by atoms with Gasteiger partial charge in [0.05, 0.1) is 0 Å². The zero-order chi connectivity index (χ0) is 10.7. The van der Waals surface area contributed by atoms with E-state index in [2.05, 4.69) is 27.9 Å². The minimum absolute atomic E-state index is 0. The summed E-state index contributed by atoms with van der Waals surface area (Å²) in [5.74, 6) is 0.595. The maximum atomic E-state index is 5.55. The monoisotopic (exact) mass is 242 g/mol. The van der Waals surface area contributed by atoms with E-state index in [9.17, 15) is 0 Å². The van der Waals surface area contributed by atoms with Crippen molar-refractivity contribution in [2.75, 3.05) is 39.0 Å². The van der Waals surface area contributed by atoms with Crippen molar-refractivity contribution in [2.24, 2.45) is 0 Å². The first-order valence-electron chi connectivity index (χ1n) is 5.35. The molecule has 0 saturated carbocycles. The topological polar surface area (TPSA) is 45.4 Å². The van der Waals surface area contributed by atoms with Crippen molar-refractivity contribution in [1.29, 1.82) is 0 Å². The number of likely N-dealkylation sites (N-methyl/N-ethyl adjacent to an activating group) is 1. The van der Waals surface area contributed by atoms with Gasteiger partial charge >= 0.3 is 0 Å². The van der Waals surface area contributed by atoms with Crippen LogP contribution in [0.15, 0.2) is 18.3 Å². The van der Waals surface area contributed by atoms with Crippen LogP contribution in [-0.4, -0.2) is 48.0 Å². The smallest absolute Gasteiger partial charge is 0.123 e. The minimum atomic E-state index is 0. The highest BCUT2D eigenvalue weighted by molar-refractivity contribution is 5.85. The van der Waals surface area contributed by atoms with Crippen LogP contribution in [0.4, 0.5) is 5.82 Å². The third-order valence-electron chi connectivity index (χ3n) is 2.85.